The number of hydrogen-bond acceptors (Lipinski definition) is 8. The van der Waals surface area contributed by atoms with Crippen molar-refractivity contribution in [2.75, 3.05) is 37.1 Å². The number of nitrogens with zero attached hydrogens (tertiary/aromatic N) is 9. The van der Waals surface area contributed by atoms with Gasteiger partial charge in [-0.05, 0) is 108 Å². The number of fused-ring (bicyclic) bond motifs is 4. The van der Waals surface area contributed by atoms with E-state index in [0.29, 0.717) is 42.5 Å². The molecule has 7 heterocycles. The number of imidazole rings is 2. The van der Waals surface area contributed by atoms with Crippen molar-refractivity contribution in [3.8, 4) is 22.8 Å². The Morgan fingerprint density at radius 3 is 1.90 bits per heavy atom. The van der Waals surface area contributed by atoms with E-state index in [1.54, 1.807) is 52.3 Å². The normalized spacial score (nSPS) is 15.9. The van der Waals surface area contributed by atoms with Crippen LogP contribution in [0.2, 0.25) is 0 Å². The third-order valence-electron chi connectivity index (χ3n) is 12.9. The molecule has 2 aromatic carbocycles. The summed E-state index contributed by atoms with van der Waals surface area (Å²) in [4.78, 5) is 71.1. The molecule has 2 amide bonds. The summed E-state index contributed by atoms with van der Waals surface area (Å²) in [6.07, 6.45) is 5.41. The highest BCUT2D eigenvalue weighted by molar-refractivity contribution is 6.10. The molecule has 0 fully saturated rings. The maximum atomic E-state index is 13.7. The van der Waals surface area contributed by atoms with Gasteiger partial charge in [-0.3, -0.25) is 24.2 Å². The van der Waals surface area contributed by atoms with Crippen LogP contribution >= 0.6 is 0 Å². The SMILES string of the molecule is Cc1cc(-c2nc3cc4c(cc3n2[C@@H](C)COCCn2cc(-c3nc5cc6c(cc5n3Cc3ccccn3)N(C)C(=O)C6(C)C)cc(C)c2=O)N(C)C(=O)C4(C)C)cn(C)c1=O. The maximum Gasteiger partial charge on any atom is 0.253 e. The van der Waals surface area contributed by atoms with Crippen LogP contribution < -0.4 is 20.9 Å². The molecule has 0 saturated carbocycles. The van der Waals surface area contributed by atoms with Crippen molar-refractivity contribution >= 4 is 45.3 Å². The van der Waals surface area contributed by atoms with Gasteiger partial charge in [-0.2, -0.15) is 0 Å². The molecule has 0 spiro atoms. The van der Waals surface area contributed by atoms with Crippen LogP contribution in [-0.2, 0) is 45.3 Å². The lowest BCUT2D eigenvalue weighted by Crippen LogP contribution is -2.33. The quantitative estimate of drug-likeness (QED) is 0.144. The molecular weight excluding hydrogens is 783 g/mol. The zero-order chi connectivity index (χ0) is 44.2. The first-order chi connectivity index (χ1) is 29.4. The number of carbonyl (C=O) groups excluding carboxylic acids is 2. The predicted molar refractivity (Wildman–Crippen MR) is 241 cm³/mol. The first-order valence-electron chi connectivity index (χ1n) is 20.9. The predicted octanol–water partition coefficient (Wildman–Crippen LogP) is 6.43. The molecule has 2 aliphatic rings. The number of likely N-dealkylation sites (N-methyl/N-ethyl adjacent to an activating group) is 2. The molecule has 7 aromatic rings. The van der Waals surface area contributed by atoms with E-state index in [1.807, 2.05) is 102 Å². The Hall–Kier alpha value is -6.67. The fraction of sp³-hybridized carbons (Fsp3) is 0.354. The summed E-state index contributed by atoms with van der Waals surface area (Å²) < 4.78 is 13.8. The Labute approximate surface area is 359 Å². The smallest absolute Gasteiger partial charge is 0.253 e. The molecule has 62 heavy (non-hydrogen) atoms. The van der Waals surface area contributed by atoms with E-state index < -0.39 is 10.8 Å². The molecule has 5 aromatic heterocycles. The molecule has 14 heteroatoms. The number of ether oxygens (including phenoxy) is 1. The van der Waals surface area contributed by atoms with Crippen LogP contribution in [0, 0.1) is 13.8 Å². The van der Waals surface area contributed by atoms with Gasteiger partial charge in [0.05, 0.1) is 64.4 Å². The van der Waals surface area contributed by atoms with Crippen molar-refractivity contribution in [1.29, 1.82) is 0 Å². The van der Waals surface area contributed by atoms with Crippen LogP contribution in [0.4, 0.5) is 11.4 Å². The molecule has 9 rings (SSSR count). The summed E-state index contributed by atoms with van der Waals surface area (Å²) in [6, 6.07) is 17.4. The van der Waals surface area contributed by atoms with E-state index >= 15 is 0 Å². The lowest BCUT2D eigenvalue weighted by Gasteiger charge is -2.20. The van der Waals surface area contributed by atoms with Gasteiger partial charge >= 0.3 is 0 Å². The van der Waals surface area contributed by atoms with Crippen molar-refractivity contribution in [3.63, 3.8) is 0 Å². The molecule has 0 N–H and O–H groups in total. The topological polar surface area (TPSA) is 142 Å². The van der Waals surface area contributed by atoms with Crippen molar-refractivity contribution in [1.82, 2.24) is 33.2 Å². The fourth-order valence-corrected chi connectivity index (χ4v) is 9.38. The van der Waals surface area contributed by atoms with Gasteiger partial charge in [-0.15, -0.1) is 0 Å². The summed E-state index contributed by atoms with van der Waals surface area (Å²) in [5.74, 6) is 1.43. The van der Waals surface area contributed by atoms with E-state index in [0.717, 1.165) is 61.4 Å². The Morgan fingerprint density at radius 2 is 1.29 bits per heavy atom. The minimum Gasteiger partial charge on any atom is -0.377 e. The van der Waals surface area contributed by atoms with Gasteiger partial charge in [-0.1, -0.05) is 6.07 Å². The third kappa shape index (κ3) is 6.29. The first kappa shape index (κ1) is 40.7. The van der Waals surface area contributed by atoms with Crippen molar-refractivity contribution in [2.24, 2.45) is 7.05 Å². The Balaban J connectivity index is 1.03. The lowest BCUT2D eigenvalue weighted by molar-refractivity contribution is -0.122. The number of anilines is 2. The Kier molecular flexibility index (Phi) is 9.51. The average Bonchev–Trinajstić information content (AvgIpc) is 3.89. The highest BCUT2D eigenvalue weighted by atomic mass is 16.5. The second-order valence-corrected chi connectivity index (χ2v) is 18.0. The van der Waals surface area contributed by atoms with Gasteiger partial charge < -0.3 is 32.8 Å². The molecule has 0 unspecified atom stereocenters. The Bertz CT molecular complexity index is 3110. The summed E-state index contributed by atoms with van der Waals surface area (Å²) >= 11 is 0. The largest absolute Gasteiger partial charge is 0.377 e. The van der Waals surface area contributed by atoms with E-state index in [9.17, 15) is 19.2 Å². The molecule has 0 bridgehead atoms. The van der Waals surface area contributed by atoms with Gasteiger partial charge in [0.25, 0.3) is 11.1 Å². The van der Waals surface area contributed by atoms with E-state index in [4.69, 9.17) is 14.7 Å². The van der Waals surface area contributed by atoms with Crippen molar-refractivity contribution in [3.05, 3.63) is 122 Å². The molecule has 14 nitrogen and oxygen atoms in total. The van der Waals surface area contributed by atoms with E-state index in [2.05, 4.69) is 21.0 Å². The lowest BCUT2D eigenvalue weighted by atomic mass is 9.86. The third-order valence-corrected chi connectivity index (χ3v) is 12.9. The van der Waals surface area contributed by atoms with Crippen LogP contribution in [0.1, 0.15) is 68.6 Å². The maximum absolute atomic E-state index is 13.7. The van der Waals surface area contributed by atoms with Crippen LogP contribution in [0.3, 0.4) is 0 Å². The number of hydrogen-bond donors (Lipinski definition) is 0. The van der Waals surface area contributed by atoms with Crippen molar-refractivity contribution < 1.29 is 14.3 Å². The van der Waals surface area contributed by atoms with Crippen LogP contribution in [0.25, 0.3) is 44.8 Å². The summed E-state index contributed by atoms with van der Waals surface area (Å²) in [7, 11) is 5.34. The summed E-state index contributed by atoms with van der Waals surface area (Å²) in [5, 5.41) is 0. The highest BCUT2D eigenvalue weighted by Crippen LogP contribution is 2.45. The molecule has 318 valence electrons. The highest BCUT2D eigenvalue weighted by Gasteiger charge is 2.44. The minimum atomic E-state index is -0.695. The van der Waals surface area contributed by atoms with E-state index in [-0.39, 0.29) is 35.6 Å². The van der Waals surface area contributed by atoms with Crippen LogP contribution in [0.15, 0.2) is 82.8 Å². The van der Waals surface area contributed by atoms with Gasteiger partial charge in [-0.25, -0.2) is 9.97 Å². The summed E-state index contributed by atoms with van der Waals surface area (Å²) in [5.41, 5.74) is 8.74. The monoisotopic (exact) mass is 833 g/mol. The first-order valence-corrected chi connectivity index (χ1v) is 20.9. The van der Waals surface area contributed by atoms with Gasteiger partial charge in [0.2, 0.25) is 11.8 Å². The van der Waals surface area contributed by atoms with Gasteiger partial charge in [0, 0.05) is 79.9 Å². The number of amides is 2. The number of aryl methyl sites for hydroxylation is 3. The second kappa shape index (κ2) is 14.5. The fourth-order valence-electron chi connectivity index (χ4n) is 9.38. The average molecular weight is 834 g/mol. The van der Waals surface area contributed by atoms with E-state index in [1.165, 1.54) is 0 Å². The standard InChI is InChI=1S/C48H51N9O5/c1-27-17-30(23-52(8)43(27)58)42-51-36-20-34-38(54(10)46(61)48(34,6)7)22-40(36)57(42)29(3)26-62-16-15-55-24-31(18-28(2)44(55)59)41-50-35-19-33-37(53(9)45(60)47(33,4)5)21-39(35)56(41)25-32-13-11-12-14-49-32/h11-14,17-24,29H,15-16,25-26H2,1-10H3/t29-/m0/s1. The minimum absolute atomic E-state index is 0.0230. The molecule has 0 radical (unpaired) electrons. The van der Waals surface area contributed by atoms with Gasteiger partial charge in [0.15, 0.2) is 0 Å². The van der Waals surface area contributed by atoms with Crippen LogP contribution in [-0.4, -0.2) is 72.3 Å². The number of rotatable bonds is 10. The molecule has 1 atom stereocenters. The number of benzene rings is 2. The Morgan fingerprint density at radius 1 is 0.710 bits per heavy atom. The molecule has 2 aliphatic heterocycles. The zero-order valence-corrected chi connectivity index (χ0v) is 36.9. The number of carbonyl (C=O) groups is 2. The number of pyridine rings is 3. The molecule has 0 aliphatic carbocycles. The van der Waals surface area contributed by atoms with Crippen molar-refractivity contribution in [2.45, 2.75) is 78.4 Å². The van der Waals surface area contributed by atoms with Crippen LogP contribution in [0.5, 0.6) is 0 Å². The second-order valence-electron chi connectivity index (χ2n) is 18.0. The van der Waals surface area contributed by atoms with Gasteiger partial charge in [0.1, 0.15) is 11.6 Å². The number of aromatic nitrogens is 7. The molecule has 0 saturated heterocycles. The molecular formula is C48H51N9O5. The summed E-state index contributed by atoms with van der Waals surface area (Å²) in [6.45, 7) is 14.7. The zero-order valence-electron chi connectivity index (χ0n) is 36.9.